The van der Waals surface area contributed by atoms with Gasteiger partial charge in [-0.25, -0.2) is 22.5 Å². The van der Waals surface area contributed by atoms with Crippen molar-refractivity contribution >= 4 is 39.1 Å². The van der Waals surface area contributed by atoms with Crippen LogP contribution in [0.5, 0.6) is 5.75 Å². The van der Waals surface area contributed by atoms with Gasteiger partial charge in [-0.05, 0) is 30.3 Å². The molecule has 0 radical (unpaired) electrons. The number of amides is 1. The van der Waals surface area contributed by atoms with Crippen LogP contribution >= 0.6 is 23.2 Å². The van der Waals surface area contributed by atoms with Crippen molar-refractivity contribution in [2.75, 3.05) is 6.26 Å². The Morgan fingerprint density at radius 1 is 1.24 bits per heavy atom. The van der Waals surface area contributed by atoms with Gasteiger partial charge in [0.15, 0.2) is 5.82 Å². The third-order valence-electron chi connectivity index (χ3n) is 3.72. The van der Waals surface area contributed by atoms with E-state index in [1.54, 1.807) is 45.9 Å². The Morgan fingerprint density at radius 2 is 1.93 bits per heavy atom. The van der Waals surface area contributed by atoms with Crippen LogP contribution < -0.4 is 9.46 Å². The molecule has 152 valence electrons. The van der Waals surface area contributed by atoms with Crippen LogP contribution in [0.15, 0.2) is 48.8 Å². The first-order chi connectivity index (χ1) is 13.6. The number of benzene rings is 2. The van der Waals surface area contributed by atoms with Gasteiger partial charge >= 0.3 is 0 Å². The fourth-order valence-electron chi connectivity index (χ4n) is 2.46. The maximum Gasteiger partial charge on any atom is 0.267 e. The number of nitrogens with zero attached hydrogens (tertiary/aromatic N) is 2. The molecule has 0 aliphatic carbocycles. The highest BCUT2D eigenvalue weighted by atomic mass is 35.5. The van der Waals surface area contributed by atoms with Gasteiger partial charge in [0.05, 0.1) is 16.8 Å². The molecule has 0 spiro atoms. The Bertz CT molecular complexity index is 1160. The molecule has 0 saturated heterocycles. The van der Waals surface area contributed by atoms with Gasteiger partial charge in [-0.3, -0.25) is 4.79 Å². The molecule has 0 unspecified atom stereocenters. The first-order valence-electron chi connectivity index (χ1n) is 8.06. The van der Waals surface area contributed by atoms with E-state index in [4.69, 9.17) is 27.9 Å². The number of hydrogen-bond donors (Lipinski definition) is 1. The number of aromatic nitrogens is 2. The fraction of sp³-hybridized carbons (Fsp3) is 0.111. The highest BCUT2D eigenvalue weighted by Gasteiger charge is 2.19. The summed E-state index contributed by atoms with van der Waals surface area (Å²) in [4.78, 5) is 16.1. The van der Waals surface area contributed by atoms with Crippen molar-refractivity contribution in [1.29, 1.82) is 0 Å². The minimum absolute atomic E-state index is 0.0225. The summed E-state index contributed by atoms with van der Waals surface area (Å²) < 4.78 is 45.6. The average Bonchev–Trinajstić information content (AvgIpc) is 3.09. The van der Waals surface area contributed by atoms with Crippen LogP contribution in [-0.4, -0.2) is 30.1 Å². The molecule has 1 amide bonds. The summed E-state index contributed by atoms with van der Waals surface area (Å²) in [6.45, 7) is -0.0380. The molecule has 0 saturated carbocycles. The molecule has 1 heterocycles. The predicted octanol–water partition coefficient (Wildman–Crippen LogP) is 3.59. The summed E-state index contributed by atoms with van der Waals surface area (Å²) in [7, 11) is -3.84. The average molecular weight is 458 g/mol. The van der Waals surface area contributed by atoms with Crippen molar-refractivity contribution in [2.24, 2.45) is 0 Å². The van der Waals surface area contributed by atoms with Gasteiger partial charge < -0.3 is 9.30 Å². The van der Waals surface area contributed by atoms with Crippen LogP contribution in [0, 0.1) is 5.82 Å². The number of imidazole rings is 1. The molecule has 0 aliphatic heterocycles. The number of rotatable bonds is 6. The number of ether oxygens (including phenoxy) is 1. The molecule has 3 rings (SSSR count). The maximum absolute atomic E-state index is 14.3. The van der Waals surface area contributed by atoms with Gasteiger partial charge in [-0.1, -0.05) is 23.2 Å². The zero-order chi connectivity index (χ0) is 21.2. The number of halogens is 3. The van der Waals surface area contributed by atoms with Crippen molar-refractivity contribution in [3.63, 3.8) is 0 Å². The highest BCUT2D eigenvalue weighted by Crippen LogP contribution is 2.29. The van der Waals surface area contributed by atoms with Crippen LogP contribution in [0.3, 0.4) is 0 Å². The van der Waals surface area contributed by atoms with Crippen LogP contribution in [0.25, 0.3) is 5.69 Å². The van der Waals surface area contributed by atoms with Crippen LogP contribution in [0.1, 0.15) is 16.2 Å². The van der Waals surface area contributed by atoms with E-state index in [2.05, 4.69) is 4.98 Å². The van der Waals surface area contributed by atoms with Crippen LogP contribution in [-0.2, 0) is 16.6 Å². The van der Waals surface area contributed by atoms with Crippen molar-refractivity contribution in [2.45, 2.75) is 6.61 Å². The summed E-state index contributed by atoms with van der Waals surface area (Å²) in [6, 6.07) is 8.97. The standard InChI is InChI=1S/C18H14Cl2FN3O4S/c1-29(26,27)23-18(25)13-8-14(20)16(9-15(13)21)28-10-17-22-6-7-24(17)12-4-2-11(19)3-5-12/h2-9H,10H2,1H3,(H,23,25). The quantitative estimate of drug-likeness (QED) is 0.610. The summed E-state index contributed by atoms with van der Waals surface area (Å²) in [5, 5.41) is 0.531. The third kappa shape index (κ3) is 5.26. The smallest absolute Gasteiger partial charge is 0.267 e. The van der Waals surface area contributed by atoms with E-state index < -0.39 is 27.3 Å². The number of carbonyl (C=O) groups excluding carboxylic acids is 1. The lowest BCUT2D eigenvalue weighted by Gasteiger charge is -2.12. The second-order valence-electron chi connectivity index (χ2n) is 5.94. The first-order valence-corrected chi connectivity index (χ1v) is 10.7. The molecule has 1 aromatic heterocycles. The van der Waals surface area contributed by atoms with Crippen molar-refractivity contribution in [1.82, 2.24) is 14.3 Å². The molecular weight excluding hydrogens is 444 g/mol. The van der Waals surface area contributed by atoms with Crippen LogP contribution in [0.2, 0.25) is 10.0 Å². The normalized spacial score (nSPS) is 11.3. The summed E-state index contributed by atoms with van der Waals surface area (Å²) in [5.41, 5.74) is 0.283. The Kier molecular flexibility index (Phi) is 6.11. The largest absolute Gasteiger partial charge is 0.484 e. The maximum atomic E-state index is 14.3. The molecule has 1 N–H and O–H groups in total. The van der Waals surface area contributed by atoms with Gasteiger partial charge in [0.25, 0.3) is 5.91 Å². The lowest BCUT2D eigenvalue weighted by Crippen LogP contribution is -2.30. The van der Waals surface area contributed by atoms with E-state index in [1.807, 2.05) is 0 Å². The summed E-state index contributed by atoms with van der Waals surface area (Å²) in [6.07, 6.45) is 4.08. The second-order valence-corrected chi connectivity index (χ2v) is 8.54. The Hall–Kier alpha value is -2.62. The van der Waals surface area contributed by atoms with Crippen LogP contribution in [0.4, 0.5) is 4.39 Å². The number of carbonyl (C=O) groups is 1. The van der Waals surface area contributed by atoms with E-state index in [0.29, 0.717) is 10.8 Å². The Labute approximate surface area is 176 Å². The Morgan fingerprint density at radius 3 is 2.59 bits per heavy atom. The zero-order valence-electron chi connectivity index (χ0n) is 14.9. The van der Waals surface area contributed by atoms with Gasteiger partial charge in [-0.2, -0.15) is 0 Å². The van der Waals surface area contributed by atoms with Gasteiger partial charge in [0, 0.05) is 29.2 Å². The molecule has 2 aromatic carbocycles. The lowest BCUT2D eigenvalue weighted by molar-refractivity contribution is 0.0977. The first kappa shape index (κ1) is 21.1. The molecule has 0 bridgehead atoms. The molecule has 11 heteroatoms. The lowest BCUT2D eigenvalue weighted by atomic mass is 10.2. The van der Waals surface area contributed by atoms with E-state index in [-0.39, 0.29) is 17.4 Å². The van der Waals surface area contributed by atoms with E-state index >= 15 is 0 Å². The van der Waals surface area contributed by atoms with E-state index in [0.717, 1.165) is 24.1 Å². The molecule has 0 aliphatic rings. The number of hydrogen-bond acceptors (Lipinski definition) is 5. The SMILES string of the molecule is CS(=O)(=O)NC(=O)c1cc(Cl)c(OCc2nccn2-c2ccc(Cl)cc2)cc1F. The van der Waals surface area contributed by atoms with Crippen molar-refractivity contribution in [3.8, 4) is 11.4 Å². The highest BCUT2D eigenvalue weighted by molar-refractivity contribution is 7.89. The van der Waals surface area contributed by atoms with Gasteiger partial charge in [-0.15, -0.1) is 0 Å². The van der Waals surface area contributed by atoms with Gasteiger partial charge in [0.2, 0.25) is 10.0 Å². The minimum Gasteiger partial charge on any atom is -0.484 e. The second kappa shape index (κ2) is 8.40. The topological polar surface area (TPSA) is 90.3 Å². The molecular formula is C18H14Cl2FN3O4S. The number of sulfonamides is 1. The minimum atomic E-state index is -3.84. The molecule has 0 atom stereocenters. The fourth-order valence-corrected chi connectivity index (χ4v) is 3.25. The summed E-state index contributed by atoms with van der Waals surface area (Å²) in [5.74, 6) is -1.61. The van der Waals surface area contributed by atoms with Crippen molar-refractivity contribution < 1.29 is 22.3 Å². The van der Waals surface area contributed by atoms with E-state index in [9.17, 15) is 17.6 Å². The third-order valence-corrected chi connectivity index (χ3v) is 4.83. The monoisotopic (exact) mass is 457 g/mol. The Balaban J connectivity index is 1.79. The van der Waals surface area contributed by atoms with E-state index in [1.165, 1.54) is 0 Å². The molecule has 0 fully saturated rings. The summed E-state index contributed by atoms with van der Waals surface area (Å²) >= 11 is 12.0. The predicted molar refractivity (Wildman–Crippen MR) is 107 cm³/mol. The van der Waals surface area contributed by atoms with Crippen molar-refractivity contribution in [3.05, 3.63) is 76.0 Å². The molecule has 29 heavy (non-hydrogen) atoms. The molecule has 7 nitrogen and oxygen atoms in total. The number of nitrogens with one attached hydrogen (secondary N) is 1. The zero-order valence-corrected chi connectivity index (χ0v) is 17.2. The molecule has 3 aromatic rings. The van der Waals surface area contributed by atoms with Gasteiger partial charge in [0.1, 0.15) is 18.2 Å².